The molecule has 2 atom stereocenters. The summed E-state index contributed by atoms with van der Waals surface area (Å²) in [5, 5.41) is 0.600. The summed E-state index contributed by atoms with van der Waals surface area (Å²) in [6.07, 6.45) is 4.29. The van der Waals surface area contributed by atoms with Gasteiger partial charge in [0.25, 0.3) is 0 Å². The fourth-order valence-electron chi connectivity index (χ4n) is 4.31. The third-order valence-electron chi connectivity index (χ3n) is 5.64. The summed E-state index contributed by atoms with van der Waals surface area (Å²) < 4.78 is 0. The van der Waals surface area contributed by atoms with Crippen LogP contribution in [0.4, 0.5) is 0 Å². The maximum Gasteiger partial charge on any atom is 0.179 e. The zero-order valence-electron chi connectivity index (χ0n) is 11.5. The number of imidazole rings is 1. The average Bonchev–Trinajstić information content (AvgIpc) is 2.98. The Morgan fingerprint density at radius 2 is 2.25 bits per heavy atom. The number of pyridine rings is 1. The van der Waals surface area contributed by atoms with E-state index in [9.17, 15) is 4.79 Å². The van der Waals surface area contributed by atoms with E-state index in [0.29, 0.717) is 28.8 Å². The summed E-state index contributed by atoms with van der Waals surface area (Å²) in [5.41, 5.74) is 0.796. The van der Waals surface area contributed by atoms with Crippen LogP contribution in [0.25, 0.3) is 11.2 Å². The summed E-state index contributed by atoms with van der Waals surface area (Å²) in [5.74, 6) is 1.53. The highest BCUT2D eigenvalue weighted by atomic mass is 35.5. The van der Waals surface area contributed by atoms with Crippen molar-refractivity contribution < 1.29 is 4.79 Å². The largest absolute Gasteiger partial charge is 0.339 e. The number of carbonyl (C=O) groups is 1. The Morgan fingerprint density at radius 3 is 2.85 bits per heavy atom. The maximum absolute atomic E-state index is 12.6. The van der Waals surface area contributed by atoms with E-state index < -0.39 is 5.41 Å². The lowest BCUT2D eigenvalue weighted by Crippen LogP contribution is -2.41. The van der Waals surface area contributed by atoms with Gasteiger partial charge in [0.1, 0.15) is 17.1 Å². The van der Waals surface area contributed by atoms with Gasteiger partial charge in [-0.25, -0.2) is 9.97 Å². The third kappa shape index (κ3) is 1.21. The first kappa shape index (κ1) is 12.3. The molecule has 2 bridgehead atoms. The summed E-state index contributed by atoms with van der Waals surface area (Å²) in [7, 11) is 0. The summed E-state index contributed by atoms with van der Waals surface area (Å²) in [6.45, 7) is 4.38. The first-order valence-electron chi connectivity index (χ1n) is 7.01. The minimum atomic E-state index is -0.484. The number of fused-ring (bicyclic) bond motifs is 3. The van der Waals surface area contributed by atoms with Crippen LogP contribution in [0, 0.1) is 11.3 Å². The van der Waals surface area contributed by atoms with Gasteiger partial charge in [-0.2, -0.15) is 0 Å². The molecule has 20 heavy (non-hydrogen) atoms. The smallest absolute Gasteiger partial charge is 0.179 e. The second-order valence-corrected chi connectivity index (χ2v) is 6.97. The molecule has 1 N–H and O–H groups in total. The Morgan fingerprint density at radius 1 is 1.45 bits per heavy atom. The number of halogens is 1. The lowest BCUT2D eigenvalue weighted by molar-refractivity contribution is -0.124. The molecule has 2 aromatic heterocycles. The number of rotatable bonds is 1. The number of aromatic amines is 1. The first-order valence-corrected chi connectivity index (χ1v) is 7.38. The second-order valence-electron chi connectivity index (χ2n) is 6.57. The van der Waals surface area contributed by atoms with Gasteiger partial charge in [0.15, 0.2) is 5.65 Å². The Balaban J connectivity index is 1.98. The normalized spacial score (nSPS) is 31.4. The van der Waals surface area contributed by atoms with Gasteiger partial charge >= 0.3 is 0 Å². The number of carbonyl (C=O) groups excluding carboxylic acids is 1. The fourth-order valence-corrected chi connectivity index (χ4v) is 4.50. The average molecular weight is 290 g/mol. The van der Waals surface area contributed by atoms with Gasteiger partial charge in [0.2, 0.25) is 0 Å². The van der Waals surface area contributed by atoms with E-state index >= 15 is 0 Å². The van der Waals surface area contributed by atoms with Gasteiger partial charge in [0, 0.05) is 12.6 Å². The monoisotopic (exact) mass is 289 g/mol. The topological polar surface area (TPSA) is 58.6 Å². The van der Waals surface area contributed by atoms with Crippen LogP contribution < -0.4 is 0 Å². The van der Waals surface area contributed by atoms with Crippen molar-refractivity contribution in [1.82, 2.24) is 15.0 Å². The Bertz CT molecular complexity index is 736. The standard InChI is InChI=1S/C15H16ClN3O/c1-14(2)8-3-5-15(14,10(20)7-8)13-18-11-9(16)4-6-17-12(11)19-13/h4,6,8H,3,5,7H2,1-2H3,(H,17,18,19). The molecular weight excluding hydrogens is 274 g/mol. The summed E-state index contributed by atoms with van der Waals surface area (Å²) in [4.78, 5) is 24.8. The molecule has 0 aromatic carbocycles. The predicted molar refractivity (Wildman–Crippen MR) is 76.7 cm³/mol. The van der Waals surface area contributed by atoms with Crippen molar-refractivity contribution in [3.05, 3.63) is 23.1 Å². The quantitative estimate of drug-likeness (QED) is 0.876. The van der Waals surface area contributed by atoms with Crippen LogP contribution in [0.5, 0.6) is 0 Å². The molecule has 0 radical (unpaired) electrons. The molecule has 5 heteroatoms. The molecule has 0 spiro atoms. The van der Waals surface area contributed by atoms with E-state index in [0.717, 1.165) is 24.2 Å². The number of hydrogen-bond acceptors (Lipinski definition) is 3. The molecule has 2 aromatic rings. The molecule has 2 heterocycles. The lowest BCUT2D eigenvalue weighted by atomic mass is 9.68. The highest BCUT2D eigenvalue weighted by Crippen LogP contribution is 2.64. The zero-order valence-corrected chi connectivity index (χ0v) is 12.3. The van der Waals surface area contributed by atoms with Gasteiger partial charge in [0.05, 0.1) is 10.4 Å². The Labute approximate surface area is 121 Å². The maximum atomic E-state index is 12.6. The van der Waals surface area contributed by atoms with Crippen LogP contribution in [0.3, 0.4) is 0 Å². The van der Waals surface area contributed by atoms with Crippen LogP contribution in [-0.2, 0) is 10.2 Å². The molecule has 0 saturated heterocycles. The van der Waals surface area contributed by atoms with Crippen LogP contribution in [0.2, 0.25) is 5.02 Å². The van der Waals surface area contributed by atoms with E-state index in [-0.39, 0.29) is 5.41 Å². The van der Waals surface area contributed by atoms with E-state index in [1.54, 1.807) is 12.3 Å². The lowest BCUT2D eigenvalue weighted by Gasteiger charge is -2.34. The predicted octanol–water partition coefficient (Wildman–Crippen LogP) is 3.26. The molecule has 2 aliphatic carbocycles. The van der Waals surface area contributed by atoms with Gasteiger partial charge < -0.3 is 4.98 Å². The number of H-pyrrole nitrogens is 1. The Kier molecular flexibility index (Phi) is 2.23. The molecule has 4 nitrogen and oxygen atoms in total. The number of aromatic nitrogens is 3. The summed E-state index contributed by atoms with van der Waals surface area (Å²) >= 11 is 6.19. The van der Waals surface area contributed by atoms with Crippen LogP contribution in [0.1, 0.15) is 38.9 Å². The molecule has 4 rings (SSSR count). The van der Waals surface area contributed by atoms with Gasteiger partial charge in [-0.05, 0) is 30.2 Å². The molecule has 104 valence electrons. The van der Waals surface area contributed by atoms with E-state index in [4.69, 9.17) is 11.6 Å². The van der Waals surface area contributed by atoms with E-state index in [1.165, 1.54) is 0 Å². The van der Waals surface area contributed by atoms with Gasteiger partial charge in [-0.3, -0.25) is 4.79 Å². The van der Waals surface area contributed by atoms with E-state index in [2.05, 4.69) is 28.8 Å². The first-order chi connectivity index (χ1) is 9.47. The number of nitrogens with zero attached hydrogens (tertiary/aromatic N) is 2. The van der Waals surface area contributed by atoms with Crippen LogP contribution in [0.15, 0.2) is 12.3 Å². The minimum absolute atomic E-state index is 0.0512. The van der Waals surface area contributed by atoms with Crippen molar-refractivity contribution >= 4 is 28.5 Å². The summed E-state index contributed by atoms with van der Waals surface area (Å²) in [6, 6.07) is 1.74. The van der Waals surface area contributed by atoms with Crippen LogP contribution >= 0.6 is 11.6 Å². The second kappa shape index (κ2) is 3.61. The third-order valence-corrected chi connectivity index (χ3v) is 5.96. The van der Waals surface area contributed by atoms with Crippen molar-refractivity contribution in [3.63, 3.8) is 0 Å². The van der Waals surface area contributed by atoms with Gasteiger partial charge in [-0.15, -0.1) is 0 Å². The molecule has 2 saturated carbocycles. The molecule has 2 aliphatic rings. The molecular formula is C15H16ClN3O. The van der Waals surface area contributed by atoms with Crippen molar-refractivity contribution in [1.29, 1.82) is 0 Å². The number of nitrogens with one attached hydrogen (secondary N) is 1. The van der Waals surface area contributed by atoms with Crippen molar-refractivity contribution in [2.75, 3.05) is 0 Å². The van der Waals surface area contributed by atoms with Crippen molar-refractivity contribution in [3.8, 4) is 0 Å². The number of ketones is 1. The zero-order chi connectivity index (χ0) is 14.1. The number of hydrogen-bond donors (Lipinski definition) is 1. The minimum Gasteiger partial charge on any atom is -0.339 e. The van der Waals surface area contributed by atoms with Crippen LogP contribution in [-0.4, -0.2) is 20.7 Å². The van der Waals surface area contributed by atoms with Gasteiger partial charge in [-0.1, -0.05) is 25.4 Å². The molecule has 2 fully saturated rings. The molecule has 2 unspecified atom stereocenters. The highest BCUT2D eigenvalue weighted by Gasteiger charge is 2.66. The van der Waals surface area contributed by atoms with E-state index in [1.807, 2.05) is 0 Å². The molecule has 0 amide bonds. The van der Waals surface area contributed by atoms with Crippen molar-refractivity contribution in [2.24, 2.45) is 11.3 Å². The SMILES string of the molecule is CC1(C)C2CCC1(c1nc3nccc(Cl)c3[nH]1)C(=O)C2. The number of Topliss-reactive ketones (excluding diaryl/α,β-unsaturated/α-hetero) is 1. The highest BCUT2D eigenvalue weighted by molar-refractivity contribution is 6.34. The Hall–Kier alpha value is -1.42. The fraction of sp³-hybridized carbons (Fsp3) is 0.533. The molecule has 0 aliphatic heterocycles. The van der Waals surface area contributed by atoms with Crippen molar-refractivity contribution in [2.45, 2.75) is 38.5 Å².